The van der Waals surface area contributed by atoms with Gasteiger partial charge in [0.25, 0.3) is 0 Å². The van der Waals surface area contributed by atoms with Crippen molar-refractivity contribution in [1.29, 1.82) is 0 Å². The quantitative estimate of drug-likeness (QED) is 0.497. The smallest absolute Gasteiger partial charge is 0.328 e. The number of allylic oxidation sites excluding steroid dienone is 1. The molecule has 0 aromatic heterocycles. The van der Waals surface area contributed by atoms with Crippen molar-refractivity contribution in [2.75, 3.05) is 7.11 Å². The number of rotatable bonds is 6. The maximum Gasteiger partial charge on any atom is 0.328 e. The lowest BCUT2D eigenvalue weighted by atomic mass is 10.2. The third-order valence-electron chi connectivity index (χ3n) is 3.92. The SMILES string of the molecule is C/C=C/[C@H]([C@@H](NC(C)=O)C(=O)OC)[Si](C)(C)c1ccccc1. The Bertz CT molecular complexity index is 540. The van der Waals surface area contributed by atoms with Crippen LogP contribution >= 0.6 is 0 Å². The van der Waals surface area contributed by atoms with Crippen molar-refractivity contribution in [1.82, 2.24) is 5.32 Å². The fourth-order valence-electron chi connectivity index (χ4n) is 2.68. The zero-order valence-corrected chi connectivity index (χ0v) is 14.9. The first-order valence-corrected chi connectivity index (χ1v) is 10.5. The lowest BCUT2D eigenvalue weighted by molar-refractivity contribution is -0.144. The lowest BCUT2D eigenvalue weighted by Crippen LogP contribution is -2.56. The number of methoxy groups -OCH3 is 1. The topological polar surface area (TPSA) is 55.4 Å². The molecule has 1 amide bonds. The van der Waals surface area contributed by atoms with Crippen molar-refractivity contribution < 1.29 is 14.3 Å². The van der Waals surface area contributed by atoms with E-state index in [0.29, 0.717) is 0 Å². The van der Waals surface area contributed by atoms with Gasteiger partial charge in [-0.2, -0.15) is 0 Å². The minimum Gasteiger partial charge on any atom is -0.467 e. The summed E-state index contributed by atoms with van der Waals surface area (Å²) in [5.74, 6) is -0.641. The van der Waals surface area contributed by atoms with Gasteiger partial charge in [-0.1, -0.05) is 60.8 Å². The summed E-state index contributed by atoms with van der Waals surface area (Å²) in [6, 6.07) is 9.49. The monoisotopic (exact) mass is 319 g/mol. The van der Waals surface area contributed by atoms with E-state index in [1.54, 1.807) is 0 Å². The molecule has 0 unspecified atom stereocenters. The van der Waals surface area contributed by atoms with E-state index in [-0.39, 0.29) is 11.4 Å². The van der Waals surface area contributed by atoms with E-state index < -0.39 is 20.1 Å². The molecule has 2 atom stereocenters. The number of hydrogen-bond acceptors (Lipinski definition) is 3. The molecule has 5 heteroatoms. The van der Waals surface area contributed by atoms with Crippen LogP contribution in [0.2, 0.25) is 18.6 Å². The Morgan fingerprint density at radius 1 is 1.23 bits per heavy atom. The average Bonchev–Trinajstić information content (AvgIpc) is 2.50. The van der Waals surface area contributed by atoms with Gasteiger partial charge < -0.3 is 10.1 Å². The number of nitrogens with one attached hydrogen (secondary N) is 1. The summed E-state index contributed by atoms with van der Waals surface area (Å²) in [6.45, 7) is 7.74. The molecule has 1 N–H and O–H groups in total. The van der Waals surface area contributed by atoms with Crippen molar-refractivity contribution in [3.8, 4) is 0 Å². The lowest BCUT2D eigenvalue weighted by Gasteiger charge is -2.35. The second kappa shape index (κ2) is 7.94. The first-order valence-electron chi connectivity index (χ1n) is 7.37. The summed E-state index contributed by atoms with van der Waals surface area (Å²) in [7, 11) is -0.693. The third-order valence-corrected chi connectivity index (χ3v) is 7.94. The van der Waals surface area contributed by atoms with Crippen LogP contribution in [0.25, 0.3) is 0 Å². The zero-order chi connectivity index (χ0) is 16.8. The van der Waals surface area contributed by atoms with Gasteiger partial charge in [-0.15, -0.1) is 0 Å². The molecule has 4 nitrogen and oxygen atoms in total. The first-order chi connectivity index (χ1) is 10.3. The van der Waals surface area contributed by atoms with Crippen molar-refractivity contribution >= 4 is 25.1 Å². The molecule has 0 bridgehead atoms. The van der Waals surface area contributed by atoms with Crippen LogP contribution in [0.1, 0.15) is 13.8 Å². The molecular weight excluding hydrogens is 294 g/mol. The molecule has 0 aliphatic heterocycles. The Hall–Kier alpha value is -1.88. The Morgan fingerprint density at radius 3 is 2.27 bits per heavy atom. The van der Waals surface area contributed by atoms with Gasteiger partial charge in [-0.05, 0) is 6.92 Å². The van der Waals surface area contributed by atoms with Crippen LogP contribution in [-0.2, 0) is 14.3 Å². The van der Waals surface area contributed by atoms with Crippen LogP contribution in [0.4, 0.5) is 0 Å². The van der Waals surface area contributed by atoms with E-state index in [0.717, 1.165) is 0 Å². The van der Waals surface area contributed by atoms with E-state index in [1.807, 2.05) is 37.3 Å². The Labute approximate surface area is 133 Å². The molecule has 1 rings (SSSR count). The average molecular weight is 319 g/mol. The van der Waals surface area contributed by atoms with Gasteiger partial charge in [0.1, 0.15) is 6.04 Å². The highest BCUT2D eigenvalue weighted by molar-refractivity contribution is 6.91. The fourth-order valence-corrected chi connectivity index (χ4v) is 5.84. The molecule has 0 fully saturated rings. The summed E-state index contributed by atoms with van der Waals surface area (Å²) in [6.07, 6.45) is 3.94. The Morgan fingerprint density at radius 2 is 1.82 bits per heavy atom. The van der Waals surface area contributed by atoms with Crippen LogP contribution in [-0.4, -0.2) is 33.1 Å². The molecule has 0 spiro atoms. The maximum absolute atomic E-state index is 12.2. The van der Waals surface area contributed by atoms with Gasteiger partial charge in [0.2, 0.25) is 5.91 Å². The minimum atomic E-state index is -2.04. The molecule has 1 aromatic carbocycles. The molecule has 0 heterocycles. The van der Waals surface area contributed by atoms with Gasteiger partial charge in [-0.3, -0.25) is 4.79 Å². The summed E-state index contributed by atoms with van der Waals surface area (Å²) in [4.78, 5) is 23.7. The van der Waals surface area contributed by atoms with Crippen molar-refractivity contribution in [3.63, 3.8) is 0 Å². The Kier molecular flexibility index (Phi) is 6.55. The third kappa shape index (κ3) is 4.30. The summed E-state index contributed by atoms with van der Waals surface area (Å²) in [5.41, 5.74) is -0.0868. The molecule has 1 aromatic rings. The molecule has 0 aliphatic rings. The molecule has 0 radical (unpaired) electrons. The van der Waals surface area contributed by atoms with Crippen LogP contribution in [0, 0.1) is 0 Å². The van der Waals surface area contributed by atoms with Crippen molar-refractivity contribution in [2.24, 2.45) is 0 Å². The number of benzene rings is 1. The first kappa shape index (κ1) is 18.2. The normalized spacial score (nSPS) is 14.4. The highest BCUT2D eigenvalue weighted by atomic mass is 28.3. The van der Waals surface area contributed by atoms with E-state index in [2.05, 4.69) is 30.5 Å². The van der Waals surface area contributed by atoms with Crippen LogP contribution < -0.4 is 10.5 Å². The number of ether oxygens (including phenoxy) is 1. The van der Waals surface area contributed by atoms with Crippen LogP contribution in [0.3, 0.4) is 0 Å². The summed E-state index contributed by atoms with van der Waals surface area (Å²) >= 11 is 0. The number of esters is 1. The maximum atomic E-state index is 12.2. The molecule has 0 saturated carbocycles. The molecule has 0 saturated heterocycles. The summed E-state index contributed by atoms with van der Waals surface area (Å²) in [5, 5.41) is 4.00. The number of hydrogen-bond donors (Lipinski definition) is 1. The fraction of sp³-hybridized carbons (Fsp3) is 0.412. The molecule has 0 aliphatic carbocycles. The van der Waals surface area contributed by atoms with Gasteiger partial charge >= 0.3 is 5.97 Å². The second-order valence-corrected chi connectivity index (χ2v) is 10.5. The molecular formula is C17H25NO3Si. The van der Waals surface area contributed by atoms with Gasteiger partial charge in [0, 0.05) is 12.5 Å². The Balaban J connectivity index is 3.29. The van der Waals surface area contributed by atoms with E-state index in [4.69, 9.17) is 4.74 Å². The predicted molar refractivity (Wildman–Crippen MR) is 91.7 cm³/mol. The highest BCUT2D eigenvalue weighted by Gasteiger charge is 2.41. The number of amides is 1. The van der Waals surface area contributed by atoms with Gasteiger partial charge in [0.05, 0.1) is 15.2 Å². The van der Waals surface area contributed by atoms with Crippen LogP contribution in [0.15, 0.2) is 42.5 Å². The minimum absolute atomic E-state index is 0.0868. The number of carbonyl (C=O) groups is 2. The zero-order valence-electron chi connectivity index (χ0n) is 13.9. The van der Waals surface area contributed by atoms with Gasteiger partial charge in [-0.25, -0.2) is 4.79 Å². The van der Waals surface area contributed by atoms with E-state index in [1.165, 1.54) is 19.2 Å². The van der Waals surface area contributed by atoms with E-state index in [9.17, 15) is 9.59 Å². The predicted octanol–water partition coefficient (Wildman–Crippen LogP) is 2.23. The van der Waals surface area contributed by atoms with E-state index >= 15 is 0 Å². The molecule has 120 valence electrons. The van der Waals surface area contributed by atoms with Crippen molar-refractivity contribution in [2.45, 2.75) is 38.5 Å². The van der Waals surface area contributed by atoms with Crippen LogP contribution in [0.5, 0.6) is 0 Å². The molecule has 22 heavy (non-hydrogen) atoms. The largest absolute Gasteiger partial charge is 0.467 e. The second-order valence-electron chi connectivity index (χ2n) is 5.84. The van der Waals surface area contributed by atoms with Gasteiger partial charge in [0.15, 0.2) is 0 Å². The van der Waals surface area contributed by atoms with Crippen molar-refractivity contribution in [3.05, 3.63) is 42.5 Å². The summed E-state index contributed by atoms with van der Waals surface area (Å²) < 4.78 is 4.91. The number of carbonyl (C=O) groups excluding carboxylic acids is 2. The highest BCUT2D eigenvalue weighted by Crippen LogP contribution is 2.28. The standard InChI is InChI=1S/C17H25NO3Si/c1-6-10-15(16(17(20)21-3)18-13(2)19)22(4,5)14-11-8-7-9-12-14/h6-12,15-16H,1-5H3,(H,18,19)/b10-6+/t15-,16-/m1/s1.